The summed E-state index contributed by atoms with van der Waals surface area (Å²) in [6, 6.07) is 8.16. The number of aliphatic hydroxyl groups excluding tert-OH is 1. The van der Waals surface area contributed by atoms with E-state index in [1.54, 1.807) is 0 Å². The first-order valence-corrected chi connectivity index (χ1v) is 6.85. The molecule has 0 aliphatic heterocycles. The molecule has 0 aliphatic rings. The van der Waals surface area contributed by atoms with Crippen LogP contribution in [0.3, 0.4) is 0 Å². The largest absolute Gasteiger partial charge is 0.390 e. The van der Waals surface area contributed by atoms with Crippen molar-refractivity contribution in [2.24, 2.45) is 10.4 Å². The van der Waals surface area contributed by atoms with Gasteiger partial charge in [-0.3, -0.25) is 5.41 Å². The van der Waals surface area contributed by atoms with Gasteiger partial charge in [0.05, 0.1) is 18.5 Å². The Morgan fingerprint density at radius 1 is 1.30 bits per heavy atom. The fourth-order valence-electron chi connectivity index (χ4n) is 2.02. The van der Waals surface area contributed by atoms with Crippen LogP contribution in [-0.2, 0) is 6.42 Å². The Morgan fingerprint density at radius 3 is 2.40 bits per heavy atom. The molecular formula is C16H25N3O. The molecule has 4 heteroatoms. The van der Waals surface area contributed by atoms with E-state index in [4.69, 9.17) is 5.41 Å². The van der Waals surface area contributed by atoms with Crippen LogP contribution < -0.4 is 5.32 Å². The molecule has 0 saturated carbocycles. The molecule has 2 unspecified atom stereocenters. The zero-order chi connectivity index (χ0) is 15.2. The van der Waals surface area contributed by atoms with Gasteiger partial charge in [-0.2, -0.15) is 0 Å². The molecule has 0 fully saturated rings. The van der Waals surface area contributed by atoms with Crippen molar-refractivity contribution in [3.05, 3.63) is 35.4 Å². The Hall–Kier alpha value is -1.68. The fourth-order valence-corrected chi connectivity index (χ4v) is 2.02. The van der Waals surface area contributed by atoms with E-state index >= 15 is 0 Å². The van der Waals surface area contributed by atoms with Crippen molar-refractivity contribution < 1.29 is 5.11 Å². The number of aliphatic hydroxyl groups is 1. The van der Waals surface area contributed by atoms with Gasteiger partial charge in [0.1, 0.15) is 6.34 Å². The van der Waals surface area contributed by atoms with Gasteiger partial charge in [0.15, 0.2) is 0 Å². The van der Waals surface area contributed by atoms with Crippen LogP contribution in [0.1, 0.15) is 31.9 Å². The van der Waals surface area contributed by atoms with Crippen LogP contribution in [0.5, 0.6) is 0 Å². The smallest absolute Gasteiger partial charge is 0.108 e. The SMILES string of the molecule is Cc1ccc(CC(N/C=N\C=N)C(O)C(C)(C)C)cc1. The lowest BCUT2D eigenvalue weighted by Gasteiger charge is -2.33. The van der Waals surface area contributed by atoms with Crippen molar-refractivity contribution in [2.75, 3.05) is 0 Å². The average Bonchev–Trinajstić information content (AvgIpc) is 2.38. The van der Waals surface area contributed by atoms with Crippen LogP contribution in [0.25, 0.3) is 0 Å². The molecule has 2 atom stereocenters. The fraction of sp³-hybridized carbons (Fsp3) is 0.500. The summed E-state index contributed by atoms with van der Waals surface area (Å²) in [7, 11) is 0. The number of aryl methyl sites for hydroxylation is 1. The number of benzene rings is 1. The van der Waals surface area contributed by atoms with E-state index in [1.165, 1.54) is 17.5 Å². The van der Waals surface area contributed by atoms with Crippen LogP contribution in [0.4, 0.5) is 0 Å². The summed E-state index contributed by atoms with van der Waals surface area (Å²) in [6.45, 7) is 8.08. The molecule has 0 heterocycles. The lowest BCUT2D eigenvalue weighted by atomic mass is 9.82. The summed E-state index contributed by atoms with van der Waals surface area (Å²) in [4.78, 5) is 3.73. The van der Waals surface area contributed by atoms with Gasteiger partial charge < -0.3 is 10.4 Å². The van der Waals surface area contributed by atoms with Crippen molar-refractivity contribution in [1.29, 1.82) is 5.41 Å². The highest BCUT2D eigenvalue weighted by atomic mass is 16.3. The highest BCUT2D eigenvalue weighted by Gasteiger charge is 2.30. The Labute approximate surface area is 121 Å². The van der Waals surface area contributed by atoms with E-state index in [2.05, 4.69) is 41.5 Å². The van der Waals surface area contributed by atoms with Crippen LogP contribution in [-0.4, -0.2) is 29.9 Å². The first kappa shape index (κ1) is 16.4. The molecule has 0 aromatic heterocycles. The third-order valence-corrected chi connectivity index (χ3v) is 3.28. The number of rotatable bonds is 6. The Balaban J connectivity index is 2.83. The molecule has 0 bridgehead atoms. The predicted octanol–water partition coefficient (Wildman–Crippen LogP) is 2.54. The molecule has 3 N–H and O–H groups in total. The van der Waals surface area contributed by atoms with E-state index in [0.717, 1.165) is 6.34 Å². The summed E-state index contributed by atoms with van der Waals surface area (Å²) in [5.74, 6) is 0. The van der Waals surface area contributed by atoms with E-state index < -0.39 is 6.10 Å². The van der Waals surface area contributed by atoms with Crippen LogP contribution in [0.2, 0.25) is 0 Å². The standard InChI is InChI=1S/C16H25N3O/c1-12-5-7-13(8-6-12)9-14(19-11-18-10-17)15(20)16(2,3)4/h5-8,10-11,14-15,20H,9H2,1-4H3,(H2,17,18,19). The molecule has 4 nitrogen and oxygen atoms in total. The predicted molar refractivity (Wildman–Crippen MR) is 84.5 cm³/mol. The minimum absolute atomic E-state index is 0.138. The minimum Gasteiger partial charge on any atom is -0.390 e. The Kier molecular flexibility index (Phi) is 5.89. The number of hydrogen-bond donors (Lipinski definition) is 3. The maximum absolute atomic E-state index is 10.5. The molecule has 0 spiro atoms. The molecule has 0 aliphatic carbocycles. The van der Waals surface area contributed by atoms with Gasteiger partial charge in [0.25, 0.3) is 0 Å². The zero-order valence-electron chi connectivity index (χ0n) is 12.7. The monoisotopic (exact) mass is 275 g/mol. The van der Waals surface area contributed by atoms with Crippen molar-refractivity contribution in [3.8, 4) is 0 Å². The van der Waals surface area contributed by atoms with Gasteiger partial charge in [0.2, 0.25) is 0 Å². The maximum atomic E-state index is 10.5. The molecule has 20 heavy (non-hydrogen) atoms. The second kappa shape index (κ2) is 7.20. The number of hydrogen-bond acceptors (Lipinski definition) is 2. The summed E-state index contributed by atoms with van der Waals surface area (Å²) in [6.07, 6.45) is 2.64. The molecule has 1 aromatic carbocycles. The van der Waals surface area contributed by atoms with Gasteiger partial charge >= 0.3 is 0 Å². The molecule has 0 saturated heterocycles. The second-order valence-corrected chi connectivity index (χ2v) is 6.18. The topological polar surface area (TPSA) is 68.5 Å². The maximum Gasteiger partial charge on any atom is 0.108 e. The highest BCUT2D eigenvalue weighted by Crippen LogP contribution is 2.23. The normalized spacial score (nSPS) is 15.1. The van der Waals surface area contributed by atoms with E-state index in [9.17, 15) is 5.11 Å². The molecule has 0 radical (unpaired) electrons. The first-order valence-electron chi connectivity index (χ1n) is 6.85. The minimum atomic E-state index is -0.513. The lowest BCUT2D eigenvalue weighted by molar-refractivity contribution is 0.0351. The van der Waals surface area contributed by atoms with Crippen LogP contribution in [0, 0.1) is 17.7 Å². The van der Waals surface area contributed by atoms with Crippen molar-refractivity contribution >= 4 is 12.7 Å². The zero-order valence-corrected chi connectivity index (χ0v) is 12.7. The van der Waals surface area contributed by atoms with Gasteiger partial charge in [-0.1, -0.05) is 50.6 Å². The number of nitrogens with one attached hydrogen (secondary N) is 2. The van der Waals surface area contributed by atoms with Crippen molar-refractivity contribution in [1.82, 2.24) is 5.32 Å². The van der Waals surface area contributed by atoms with Crippen LogP contribution >= 0.6 is 0 Å². The van der Waals surface area contributed by atoms with Crippen molar-refractivity contribution in [3.63, 3.8) is 0 Å². The summed E-state index contributed by atoms with van der Waals surface area (Å²) < 4.78 is 0. The number of nitrogens with zero attached hydrogens (tertiary/aromatic N) is 1. The molecule has 110 valence electrons. The third-order valence-electron chi connectivity index (χ3n) is 3.28. The summed E-state index contributed by atoms with van der Waals surface area (Å²) in [5, 5.41) is 20.5. The first-order chi connectivity index (χ1) is 9.34. The van der Waals surface area contributed by atoms with Gasteiger partial charge in [-0.05, 0) is 24.3 Å². The van der Waals surface area contributed by atoms with Gasteiger partial charge in [-0.25, -0.2) is 4.99 Å². The summed E-state index contributed by atoms with van der Waals surface area (Å²) >= 11 is 0. The Morgan fingerprint density at radius 2 is 1.90 bits per heavy atom. The quantitative estimate of drug-likeness (QED) is 0.551. The molecule has 1 aromatic rings. The van der Waals surface area contributed by atoms with Crippen LogP contribution in [0.15, 0.2) is 29.3 Å². The molecule has 0 amide bonds. The highest BCUT2D eigenvalue weighted by molar-refractivity contribution is 5.69. The molecule has 1 rings (SSSR count). The van der Waals surface area contributed by atoms with E-state index in [-0.39, 0.29) is 11.5 Å². The average molecular weight is 275 g/mol. The van der Waals surface area contributed by atoms with E-state index in [0.29, 0.717) is 6.42 Å². The second-order valence-electron chi connectivity index (χ2n) is 6.18. The van der Waals surface area contributed by atoms with Crippen molar-refractivity contribution in [2.45, 2.75) is 46.3 Å². The van der Waals surface area contributed by atoms with Gasteiger partial charge in [-0.15, -0.1) is 0 Å². The number of aliphatic imine (C=N–C) groups is 1. The van der Waals surface area contributed by atoms with Gasteiger partial charge in [0, 0.05) is 0 Å². The van der Waals surface area contributed by atoms with E-state index in [1.807, 2.05) is 20.8 Å². The summed E-state index contributed by atoms with van der Waals surface area (Å²) in [5.41, 5.74) is 2.17. The molecular weight excluding hydrogens is 250 g/mol. The Bertz CT molecular complexity index is 446. The lowest BCUT2D eigenvalue weighted by Crippen LogP contribution is -2.47. The third kappa shape index (κ3) is 5.13.